The lowest BCUT2D eigenvalue weighted by Crippen LogP contribution is -2.48. The average Bonchev–Trinajstić information content (AvgIpc) is 2.81. The van der Waals surface area contributed by atoms with Crippen LogP contribution in [0, 0.1) is 0 Å². The van der Waals surface area contributed by atoms with Crippen LogP contribution < -0.4 is 5.32 Å². The van der Waals surface area contributed by atoms with Crippen molar-refractivity contribution in [2.24, 2.45) is 0 Å². The van der Waals surface area contributed by atoms with Gasteiger partial charge in [0.15, 0.2) is 0 Å². The first-order chi connectivity index (χ1) is 15.1. The third kappa shape index (κ3) is 5.81. The second kappa shape index (κ2) is 9.90. The molecule has 1 saturated heterocycles. The van der Waals surface area contributed by atoms with E-state index in [9.17, 15) is 9.90 Å². The monoisotopic (exact) mass is 414 g/mol. The molecular weight excluding hydrogens is 384 g/mol. The number of aliphatic hydroxyl groups is 1. The maximum Gasteiger partial charge on any atom is 0.234 e. The van der Waals surface area contributed by atoms with E-state index in [1.54, 1.807) is 0 Å². The SMILES string of the molecule is O=C(CN1CCC(O)(Cc2ccccc2)CC1)NC(c1ccccc1)c1ccccc1. The van der Waals surface area contributed by atoms with Crippen molar-refractivity contribution < 1.29 is 9.90 Å². The summed E-state index contributed by atoms with van der Waals surface area (Å²) in [6.07, 6.45) is 2.02. The molecule has 1 fully saturated rings. The van der Waals surface area contributed by atoms with Gasteiger partial charge in [0.1, 0.15) is 0 Å². The summed E-state index contributed by atoms with van der Waals surface area (Å²) in [5, 5.41) is 14.2. The smallest absolute Gasteiger partial charge is 0.234 e. The van der Waals surface area contributed by atoms with Crippen LogP contribution in [0.15, 0.2) is 91.0 Å². The molecule has 4 rings (SSSR count). The maximum absolute atomic E-state index is 12.9. The van der Waals surface area contributed by atoms with Crippen LogP contribution in [0.2, 0.25) is 0 Å². The summed E-state index contributed by atoms with van der Waals surface area (Å²) in [6, 6.07) is 30.1. The van der Waals surface area contributed by atoms with Gasteiger partial charge < -0.3 is 10.4 Å². The second-order valence-electron chi connectivity index (χ2n) is 8.48. The zero-order valence-electron chi connectivity index (χ0n) is 17.8. The highest BCUT2D eigenvalue weighted by Gasteiger charge is 2.33. The molecule has 0 saturated carbocycles. The Kier molecular flexibility index (Phi) is 6.80. The molecule has 1 aliphatic rings. The number of rotatable bonds is 7. The number of amides is 1. The summed E-state index contributed by atoms with van der Waals surface area (Å²) < 4.78 is 0. The van der Waals surface area contributed by atoms with E-state index in [1.165, 1.54) is 0 Å². The van der Waals surface area contributed by atoms with E-state index in [2.05, 4.69) is 22.3 Å². The molecule has 0 unspecified atom stereocenters. The highest BCUT2D eigenvalue weighted by atomic mass is 16.3. The molecule has 4 nitrogen and oxygen atoms in total. The summed E-state index contributed by atoms with van der Waals surface area (Å²) in [4.78, 5) is 15.0. The summed E-state index contributed by atoms with van der Waals surface area (Å²) in [5.41, 5.74) is 2.60. The Morgan fingerprint density at radius 3 is 1.84 bits per heavy atom. The Hall–Kier alpha value is -2.95. The van der Waals surface area contributed by atoms with E-state index in [1.807, 2.05) is 78.9 Å². The fourth-order valence-corrected chi connectivity index (χ4v) is 4.34. The van der Waals surface area contributed by atoms with Gasteiger partial charge in [-0.15, -0.1) is 0 Å². The van der Waals surface area contributed by atoms with Crippen LogP contribution >= 0.6 is 0 Å². The molecule has 1 amide bonds. The van der Waals surface area contributed by atoms with Crippen LogP contribution in [-0.4, -0.2) is 41.1 Å². The van der Waals surface area contributed by atoms with Crippen LogP contribution in [0.4, 0.5) is 0 Å². The molecule has 2 N–H and O–H groups in total. The van der Waals surface area contributed by atoms with Gasteiger partial charge >= 0.3 is 0 Å². The number of hydrogen-bond acceptors (Lipinski definition) is 3. The van der Waals surface area contributed by atoms with Crippen molar-refractivity contribution >= 4 is 5.91 Å². The van der Waals surface area contributed by atoms with Crippen molar-refractivity contribution in [1.82, 2.24) is 10.2 Å². The minimum Gasteiger partial charge on any atom is -0.389 e. The molecule has 0 spiro atoms. The fraction of sp³-hybridized carbons (Fsp3) is 0.296. The van der Waals surface area contributed by atoms with Crippen molar-refractivity contribution in [3.8, 4) is 0 Å². The van der Waals surface area contributed by atoms with Gasteiger partial charge in [-0.05, 0) is 29.5 Å². The normalized spacial score (nSPS) is 16.2. The zero-order chi connectivity index (χ0) is 21.5. The Bertz CT molecular complexity index is 913. The van der Waals surface area contributed by atoms with E-state index < -0.39 is 5.60 Å². The first-order valence-electron chi connectivity index (χ1n) is 11.0. The molecule has 3 aromatic carbocycles. The third-order valence-electron chi connectivity index (χ3n) is 6.10. The average molecular weight is 415 g/mol. The Balaban J connectivity index is 1.35. The van der Waals surface area contributed by atoms with Gasteiger partial charge in [-0.2, -0.15) is 0 Å². The van der Waals surface area contributed by atoms with E-state index in [-0.39, 0.29) is 11.9 Å². The lowest BCUT2D eigenvalue weighted by atomic mass is 9.85. The van der Waals surface area contributed by atoms with Gasteiger partial charge in [0.2, 0.25) is 5.91 Å². The lowest BCUT2D eigenvalue weighted by Gasteiger charge is -2.38. The molecule has 160 valence electrons. The molecule has 31 heavy (non-hydrogen) atoms. The highest BCUT2D eigenvalue weighted by molar-refractivity contribution is 5.79. The van der Waals surface area contributed by atoms with E-state index in [0.717, 1.165) is 29.8 Å². The first kappa shape index (κ1) is 21.3. The van der Waals surface area contributed by atoms with Crippen molar-refractivity contribution in [1.29, 1.82) is 0 Å². The molecule has 0 radical (unpaired) electrons. The van der Waals surface area contributed by atoms with Gasteiger partial charge in [-0.3, -0.25) is 9.69 Å². The number of carbonyl (C=O) groups is 1. The van der Waals surface area contributed by atoms with Crippen LogP contribution in [0.25, 0.3) is 0 Å². The van der Waals surface area contributed by atoms with E-state index in [0.29, 0.717) is 25.8 Å². The van der Waals surface area contributed by atoms with Crippen molar-refractivity contribution in [2.75, 3.05) is 19.6 Å². The number of carbonyl (C=O) groups excluding carboxylic acids is 1. The molecular formula is C27H30N2O2. The number of benzene rings is 3. The van der Waals surface area contributed by atoms with Crippen LogP contribution in [0.3, 0.4) is 0 Å². The maximum atomic E-state index is 12.9. The van der Waals surface area contributed by atoms with Crippen molar-refractivity contribution in [3.05, 3.63) is 108 Å². The standard InChI is InChI=1S/C27H30N2O2/c30-25(28-26(23-12-6-2-7-13-23)24-14-8-3-9-15-24)21-29-18-16-27(31,17-19-29)20-22-10-4-1-5-11-22/h1-15,26,31H,16-21H2,(H,28,30). The summed E-state index contributed by atoms with van der Waals surface area (Å²) >= 11 is 0. The summed E-state index contributed by atoms with van der Waals surface area (Å²) in [7, 11) is 0. The van der Waals surface area contributed by atoms with Crippen molar-refractivity contribution in [3.63, 3.8) is 0 Å². The van der Waals surface area contributed by atoms with E-state index >= 15 is 0 Å². The van der Waals surface area contributed by atoms with Crippen LogP contribution in [0.1, 0.15) is 35.6 Å². The van der Waals surface area contributed by atoms with Gasteiger partial charge in [0, 0.05) is 19.5 Å². The number of likely N-dealkylation sites (tertiary alicyclic amines) is 1. The number of nitrogens with zero attached hydrogens (tertiary/aromatic N) is 1. The molecule has 0 aromatic heterocycles. The minimum atomic E-state index is -0.690. The quantitative estimate of drug-likeness (QED) is 0.615. The van der Waals surface area contributed by atoms with Gasteiger partial charge in [-0.1, -0.05) is 91.0 Å². The molecule has 1 aliphatic heterocycles. The fourth-order valence-electron chi connectivity index (χ4n) is 4.34. The third-order valence-corrected chi connectivity index (χ3v) is 6.10. The van der Waals surface area contributed by atoms with Gasteiger partial charge in [-0.25, -0.2) is 0 Å². The minimum absolute atomic E-state index is 0.00575. The number of nitrogens with one attached hydrogen (secondary N) is 1. The Morgan fingerprint density at radius 1 is 0.839 bits per heavy atom. The van der Waals surface area contributed by atoms with E-state index in [4.69, 9.17) is 0 Å². The molecule has 0 atom stereocenters. The molecule has 4 heteroatoms. The second-order valence-corrected chi connectivity index (χ2v) is 8.48. The molecule has 0 bridgehead atoms. The number of piperidine rings is 1. The topological polar surface area (TPSA) is 52.6 Å². The Morgan fingerprint density at radius 2 is 1.32 bits per heavy atom. The predicted octanol–water partition coefficient (Wildman–Crippen LogP) is 3.96. The van der Waals surface area contributed by atoms with Crippen LogP contribution in [-0.2, 0) is 11.2 Å². The number of hydrogen-bond donors (Lipinski definition) is 2. The summed E-state index contributed by atoms with van der Waals surface area (Å²) in [5.74, 6) is 0.00575. The van der Waals surface area contributed by atoms with Crippen LogP contribution in [0.5, 0.6) is 0 Å². The summed E-state index contributed by atoms with van der Waals surface area (Å²) in [6.45, 7) is 1.79. The zero-order valence-corrected chi connectivity index (χ0v) is 17.8. The van der Waals surface area contributed by atoms with Crippen molar-refractivity contribution in [2.45, 2.75) is 30.9 Å². The molecule has 1 heterocycles. The molecule has 3 aromatic rings. The highest BCUT2D eigenvalue weighted by Crippen LogP contribution is 2.27. The lowest BCUT2D eigenvalue weighted by molar-refractivity contribution is -0.124. The largest absolute Gasteiger partial charge is 0.389 e. The molecule has 0 aliphatic carbocycles. The first-order valence-corrected chi connectivity index (χ1v) is 11.0. The predicted molar refractivity (Wildman–Crippen MR) is 124 cm³/mol. The Labute approximate surface area is 184 Å². The van der Waals surface area contributed by atoms with Gasteiger partial charge in [0.05, 0.1) is 18.2 Å². The van der Waals surface area contributed by atoms with Gasteiger partial charge in [0.25, 0.3) is 0 Å².